The van der Waals surface area contributed by atoms with Gasteiger partial charge in [0.15, 0.2) is 0 Å². The van der Waals surface area contributed by atoms with Crippen LogP contribution in [-0.2, 0) is 4.79 Å². The van der Waals surface area contributed by atoms with Crippen molar-refractivity contribution in [3.8, 4) is 28.5 Å². The third-order valence-electron chi connectivity index (χ3n) is 2.70. The molecule has 0 aliphatic carbocycles. The maximum Gasteiger partial charge on any atom is 0.279 e. The first kappa shape index (κ1) is 17.8. The minimum absolute atomic E-state index is 0.103. The number of carbonyl (C=O) groups excluding carboxylic acids is 1. The first-order chi connectivity index (χ1) is 11.4. The lowest BCUT2D eigenvalue weighted by molar-refractivity contribution is -0.119. The number of carbonyl (C=O) groups is 1. The van der Waals surface area contributed by atoms with E-state index in [9.17, 15) is 4.79 Å². The Labute approximate surface area is 146 Å². The largest absolute Gasteiger partial charge is 0.491 e. The van der Waals surface area contributed by atoms with Gasteiger partial charge in [0.25, 0.3) is 5.19 Å². The van der Waals surface area contributed by atoms with Crippen LogP contribution in [0.5, 0.6) is 16.7 Å². The normalized spacial score (nSPS) is 11.4. The Bertz CT molecular complexity index is 759. The Balaban J connectivity index is 2.01. The summed E-state index contributed by atoms with van der Waals surface area (Å²) in [7, 11) is 0. The maximum absolute atomic E-state index is 10.9. The van der Waals surface area contributed by atoms with Gasteiger partial charge in [0.1, 0.15) is 16.4 Å². The molecule has 0 radical (unpaired) electrons. The van der Waals surface area contributed by atoms with Gasteiger partial charge in [-0.15, -0.1) is 0 Å². The summed E-state index contributed by atoms with van der Waals surface area (Å²) in [6, 6.07) is 7.22. The summed E-state index contributed by atoms with van der Waals surface area (Å²) in [5, 5.41) is 3.22. The Kier molecular flexibility index (Phi) is 6.21. The van der Waals surface area contributed by atoms with E-state index in [2.05, 4.69) is 22.1 Å². The second-order valence-corrected chi connectivity index (χ2v) is 6.42. The molecule has 0 aliphatic rings. The molecule has 0 saturated heterocycles. The number of rotatable bonds is 5. The highest BCUT2D eigenvalue weighted by Gasteiger charge is 2.05. The van der Waals surface area contributed by atoms with E-state index in [0.717, 1.165) is 10.6 Å². The molecule has 1 aromatic carbocycles. The molecule has 0 aliphatic heterocycles. The molecule has 1 amide bonds. The molecule has 24 heavy (non-hydrogen) atoms. The van der Waals surface area contributed by atoms with E-state index in [1.54, 1.807) is 6.20 Å². The summed E-state index contributed by atoms with van der Waals surface area (Å²) in [6.45, 7) is 7.24. The first-order valence-electron chi connectivity index (χ1n) is 7.61. The van der Waals surface area contributed by atoms with Gasteiger partial charge in [-0.3, -0.25) is 4.79 Å². The highest BCUT2D eigenvalue weighted by atomic mass is 32.1. The van der Waals surface area contributed by atoms with Gasteiger partial charge in [0, 0.05) is 13.0 Å². The SMILES string of the molecule is CC(=O)NC(C)C#Cc1cnc(Oc2cccc(OC(C)C)c2)s1. The fraction of sp³-hybridized carbons (Fsp3) is 0.333. The zero-order valence-corrected chi connectivity index (χ0v) is 14.9. The van der Waals surface area contributed by atoms with Crippen LogP contribution in [0.1, 0.15) is 32.6 Å². The van der Waals surface area contributed by atoms with Gasteiger partial charge in [0.2, 0.25) is 5.91 Å². The van der Waals surface area contributed by atoms with Gasteiger partial charge >= 0.3 is 0 Å². The molecule has 6 heteroatoms. The molecule has 126 valence electrons. The predicted molar refractivity (Wildman–Crippen MR) is 94.6 cm³/mol. The highest BCUT2D eigenvalue weighted by Crippen LogP contribution is 2.28. The molecule has 2 aromatic rings. The number of nitrogens with zero attached hydrogens (tertiary/aromatic N) is 1. The molecule has 2 rings (SSSR count). The molecule has 0 saturated carbocycles. The Morgan fingerprint density at radius 3 is 2.75 bits per heavy atom. The summed E-state index contributed by atoms with van der Waals surface area (Å²) in [5.41, 5.74) is 0. The number of ether oxygens (including phenoxy) is 2. The van der Waals surface area contributed by atoms with E-state index in [0.29, 0.717) is 10.9 Å². The van der Waals surface area contributed by atoms with Crippen LogP contribution in [0.2, 0.25) is 0 Å². The van der Waals surface area contributed by atoms with Crippen molar-refractivity contribution < 1.29 is 14.3 Å². The molecule has 0 spiro atoms. The van der Waals surface area contributed by atoms with E-state index in [4.69, 9.17) is 9.47 Å². The number of benzene rings is 1. The van der Waals surface area contributed by atoms with Crippen molar-refractivity contribution in [2.75, 3.05) is 0 Å². The van der Waals surface area contributed by atoms with Gasteiger partial charge < -0.3 is 14.8 Å². The molecule has 1 unspecified atom stereocenters. The van der Waals surface area contributed by atoms with Gasteiger partial charge in [0.05, 0.1) is 18.3 Å². The van der Waals surface area contributed by atoms with E-state index in [1.165, 1.54) is 18.3 Å². The average molecular weight is 344 g/mol. The Morgan fingerprint density at radius 2 is 2.04 bits per heavy atom. The van der Waals surface area contributed by atoms with Crippen LogP contribution >= 0.6 is 11.3 Å². The molecule has 1 N–H and O–H groups in total. The lowest BCUT2D eigenvalue weighted by atomic mass is 10.3. The van der Waals surface area contributed by atoms with Crippen LogP contribution < -0.4 is 14.8 Å². The maximum atomic E-state index is 10.9. The average Bonchev–Trinajstić information content (AvgIpc) is 2.91. The minimum atomic E-state index is -0.209. The van der Waals surface area contributed by atoms with Gasteiger partial charge in [-0.25, -0.2) is 4.98 Å². The van der Waals surface area contributed by atoms with Crippen LogP contribution in [0.15, 0.2) is 30.5 Å². The number of thiazole rings is 1. The first-order valence-corrected chi connectivity index (χ1v) is 8.43. The number of hydrogen-bond donors (Lipinski definition) is 1. The molecule has 5 nitrogen and oxygen atoms in total. The van der Waals surface area contributed by atoms with Gasteiger partial charge in [-0.1, -0.05) is 29.2 Å². The molecular weight excluding hydrogens is 324 g/mol. The molecule has 0 fully saturated rings. The van der Waals surface area contributed by atoms with Crippen LogP contribution in [0.25, 0.3) is 0 Å². The summed E-state index contributed by atoms with van der Waals surface area (Å²) >= 11 is 1.35. The van der Waals surface area contributed by atoms with Crippen molar-refractivity contribution in [2.45, 2.75) is 39.8 Å². The summed E-state index contributed by atoms with van der Waals surface area (Å²) in [6.07, 6.45) is 1.76. The van der Waals surface area contributed by atoms with Gasteiger partial charge in [-0.05, 0) is 32.9 Å². The van der Waals surface area contributed by atoms with E-state index in [-0.39, 0.29) is 18.1 Å². The third-order valence-corrected chi connectivity index (χ3v) is 3.49. The second kappa shape index (κ2) is 8.37. The summed E-state index contributed by atoms with van der Waals surface area (Å²) < 4.78 is 11.4. The smallest absolute Gasteiger partial charge is 0.279 e. The molecule has 1 heterocycles. The predicted octanol–water partition coefficient (Wildman–Crippen LogP) is 3.60. The van der Waals surface area contributed by atoms with Crippen molar-refractivity contribution in [1.29, 1.82) is 0 Å². The number of nitrogens with one attached hydrogen (secondary N) is 1. The molecule has 1 aromatic heterocycles. The van der Waals surface area contributed by atoms with Crippen molar-refractivity contribution in [3.63, 3.8) is 0 Å². The number of amides is 1. The molecule has 0 bridgehead atoms. The fourth-order valence-electron chi connectivity index (χ4n) is 1.87. The topological polar surface area (TPSA) is 60.5 Å². The van der Waals surface area contributed by atoms with Crippen LogP contribution in [0, 0.1) is 11.8 Å². The summed E-state index contributed by atoms with van der Waals surface area (Å²) in [5.74, 6) is 7.24. The number of aromatic nitrogens is 1. The summed E-state index contributed by atoms with van der Waals surface area (Å²) in [4.78, 5) is 15.9. The standard InChI is InChI=1S/C18H20N2O3S/c1-12(2)22-15-6-5-7-16(10-15)23-18-19-11-17(24-18)9-8-13(3)20-14(4)21/h5-7,10-13H,1-4H3,(H,20,21). The highest BCUT2D eigenvalue weighted by molar-refractivity contribution is 7.13. The zero-order valence-electron chi connectivity index (χ0n) is 14.1. The van der Waals surface area contributed by atoms with E-state index < -0.39 is 0 Å². The third kappa shape index (κ3) is 5.94. The quantitative estimate of drug-likeness (QED) is 0.842. The Morgan fingerprint density at radius 1 is 1.29 bits per heavy atom. The monoisotopic (exact) mass is 344 g/mol. The number of hydrogen-bond acceptors (Lipinski definition) is 5. The zero-order chi connectivity index (χ0) is 17.5. The minimum Gasteiger partial charge on any atom is -0.491 e. The van der Waals surface area contributed by atoms with Crippen molar-refractivity contribution in [3.05, 3.63) is 35.3 Å². The lowest BCUT2D eigenvalue weighted by Crippen LogP contribution is -2.28. The van der Waals surface area contributed by atoms with Crippen molar-refractivity contribution in [2.24, 2.45) is 0 Å². The fourth-order valence-corrected chi connectivity index (χ4v) is 2.51. The molecule has 1 atom stereocenters. The molecular formula is C18H20N2O3S. The van der Waals surface area contributed by atoms with Crippen LogP contribution in [0.4, 0.5) is 0 Å². The Hall–Kier alpha value is -2.52. The van der Waals surface area contributed by atoms with Crippen molar-refractivity contribution in [1.82, 2.24) is 10.3 Å². The van der Waals surface area contributed by atoms with E-state index in [1.807, 2.05) is 45.0 Å². The van der Waals surface area contributed by atoms with E-state index >= 15 is 0 Å². The van der Waals surface area contributed by atoms with Gasteiger partial charge in [-0.2, -0.15) is 0 Å². The lowest BCUT2D eigenvalue weighted by Gasteiger charge is -2.10. The van der Waals surface area contributed by atoms with Crippen molar-refractivity contribution >= 4 is 17.2 Å². The van der Waals surface area contributed by atoms with Crippen LogP contribution in [-0.4, -0.2) is 23.0 Å². The van der Waals surface area contributed by atoms with Crippen LogP contribution in [0.3, 0.4) is 0 Å². The second-order valence-electron chi connectivity index (χ2n) is 5.43.